The van der Waals surface area contributed by atoms with E-state index in [2.05, 4.69) is 5.32 Å². The minimum atomic E-state index is -4.76. The third-order valence-corrected chi connectivity index (χ3v) is 6.87. The Hall–Kier alpha value is -2.79. The van der Waals surface area contributed by atoms with Crippen LogP contribution in [0.5, 0.6) is 0 Å². The van der Waals surface area contributed by atoms with E-state index >= 15 is 0 Å². The van der Waals surface area contributed by atoms with Gasteiger partial charge in [0.1, 0.15) is 12.6 Å². The molecule has 2 aromatic carbocycles. The van der Waals surface area contributed by atoms with E-state index in [9.17, 15) is 31.2 Å². The van der Waals surface area contributed by atoms with Crippen molar-refractivity contribution in [3.05, 3.63) is 64.2 Å². The lowest BCUT2D eigenvalue weighted by Gasteiger charge is -2.32. The Morgan fingerprint density at radius 1 is 1.08 bits per heavy atom. The number of carbonyl (C=O) groups is 2. The molecule has 0 aliphatic rings. The van der Waals surface area contributed by atoms with Gasteiger partial charge in [-0.2, -0.15) is 13.2 Å². The Balaban J connectivity index is 2.52. The number of halogens is 4. The van der Waals surface area contributed by atoms with Gasteiger partial charge in [0.15, 0.2) is 0 Å². The summed E-state index contributed by atoms with van der Waals surface area (Å²) in [6, 6.07) is 8.16. The van der Waals surface area contributed by atoms with Crippen LogP contribution in [-0.2, 0) is 32.3 Å². The topological polar surface area (TPSA) is 86.8 Å². The largest absolute Gasteiger partial charge is 0.416 e. The third-order valence-electron chi connectivity index (χ3n) is 5.42. The van der Waals surface area contributed by atoms with Crippen molar-refractivity contribution >= 4 is 39.1 Å². The van der Waals surface area contributed by atoms with Crippen molar-refractivity contribution < 1.29 is 31.2 Å². The van der Waals surface area contributed by atoms with E-state index in [4.69, 9.17) is 11.6 Å². The number of nitrogens with one attached hydrogen (secondary N) is 1. The molecule has 7 nitrogen and oxygen atoms in total. The maximum Gasteiger partial charge on any atom is 0.416 e. The van der Waals surface area contributed by atoms with Crippen LogP contribution in [0.4, 0.5) is 18.9 Å². The zero-order valence-electron chi connectivity index (χ0n) is 20.6. The van der Waals surface area contributed by atoms with Crippen LogP contribution in [0.15, 0.2) is 42.5 Å². The van der Waals surface area contributed by atoms with Crippen LogP contribution in [0.1, 0.15) is 37.5 Å². The number of rotatable bonds is 9. The number of benzene rings is 2. The number of hydrogen-bond acceptors (Lipinski definition) is 4. The Bertz CT molecular complexity index is 1220. The first kappa shape index (κ1) is 29.4. The Morgan fingerprint density at radius 3 is 2.22 bits per heavy atom. The van der Waals surface area contributed by atoms with E-state index in [1.165, 1.54) is 11.8 Å². The summed E-state index contributed by atoms with van der Waals surface area (Å²) in [5.41, 5.74) is -0.0485. The fourth-order valence-electron chi connectivity index (χ4n) is 3.43. The van der Waals surface area contributed by atoms with Crippen LogP contribution in [0, 0.1) is 6.92 Å². The molecule has 198 valence electrons. The molecule has 0 heterocycles. The Morgan fingerprint density at radius 2 is 1.69 bits per heavy atom. The van der Waals surface area contributed by atoms with Crippen molar-refractivity contribution in [3.63, 3.8) is 0 Å². The van der Waals surface area contributed by atoms with E-state index in [1.54, 1.807) is 32.0 Å². The number of alkyl halides is 3. The average molecular weight is 548 g/mol. The van der Waals surface area contributed by atoms with Gasteiger partial charge in [-0.1, -0.05) is 35.9 Å². The molecule has 0 saturated heterocycles. The first-order valence-corrected chi connectivity index (χ1v) is 13.2. The molecular weight excluding hydrogens is 519 g/mol. The lowest BCUT2D eigenvalue weighted by Crippen LogP contribution is -2.52. The van der Waals surface area contributed by atoms with Crippen molar-refractivity contribution in [1.29, 1.82) is 0 Å². The average Bonchev–Trinajstić information content (AvgIpc) is 2.74. The fourth-order valence-corrected chi connectivity index (χ4v) is 4.56. The minimum absolute atomic E-state index is 0.0217. The van der Waals surface area contributed by atoms with Gasteiger partial charge in [0, 0.05) is 12.6 Å². The van der Waals surface area contributed by atoms with E-state index < -0.39 is 51.9 Å². The van der Waals surface area contributed by atoms with Crippen LogP contribution in [0.25, 0.3) is 0 Å². The summed E-state index contributed by atoms with van der Waals surface area (Å²) in [5, 5.41) is 2.44. The van der Waals surface area contributed by atoms with E-state index in [0.717, 1.165) is 29.5 Å². The molecule has 0 aromatic heterocycles. The Kier molecular flexibility index (Phi) is 9.41. The quantitative estimate of drug-likeness (QED) is 0.505. The normalized spacial score (nSPS) is 12.8. The summed E-state index contributed by atoms with van der Waals surface area (Å²) < 4.78 is 65.6. The van der Waals surface area contributed by atoms with Gasteiger partial charge in [0.2, 0.25) is 21.8 Å². The summed E-state index contributed by atoms with van der Waals surface area (Å²) in [6.45, 7) is 5.94. The second-order valence-corrected chi connectivity index (χ2v) is 11.0. The van der Waals surface area contributed by atoms with Crippen LogP contribution in [0.2, 0.25) is 5.02 Å². The van der Waals surface area contributed by atoms with E-state index in [-0.39, 0.29) is 17.6 Å². The molecular formula is C24H29ClF3N3O4S. The van der Waals surface area contributed by atoms with Gasteiger partial charge in [-0.3, -0.25) is 13.9 Å². The summed E-state index contributed by atoms with van der Waals surface area (Å²) in [7, 11) is -4.24. The highest BCUT2D eigenvalue weighted by Crippen LogP contribution is 2.36. The second kappa shape index (κ2) is 11.5. The number of amides is 2. The number of hydrogen-bond donors (Lipinski definition) is 1. The SMILES string of the molecule is Cc1ccccc1CN(C(=O)CN(c1cc(C(F)(F)F)ccc1Cl)S(C)(=O)=O)[C@@H](C)C(=O)NC(C)C. The van der Waals surface area contributed by atoms with Crippen LogP contribution in [0.3, 0.4) is 0 Å². The van der Waals surface area contributed by atoms with Gasteiger partial charge in [-0.25, -0.2) is 8.42 Å². The summed E-state index contributed by atoms with van der Waals surface area (Å²) in [4.78, 5) is 27.4. The lowest BCUT2D eigenvalue weighted by molar-refractivity contribution is -0.139. The third kappa shape index (κ3) is 7.60. The van der Waals surface area contributed by atoms with Gasteiger partial charge in [-0.15, -0.1) is 0 Å². The molecule has 0 saturated carbocycles. The van der Waals surface area contributed by atoms with E-state index in [0.29, 0.717) is 10.4 Å². The first-order valence-electron chi connectivity index (χ1n) is 11.0. The fraction of sp³-hybridized carbons (Fsp3) is 0.417. The molecule has 2 amide bonds. The maximum atomic E-state index is 13.5. The summed E-state index contributed by atoms with van der Waals surface area (Å²) in [5.74, 6) is -1.25. The van der Waals surface area contributed by atoms with Gasteiger partial charge in [-0.05, 0) is 57.0 Å². The van der Waals surface area contributed by atoms with Gasteiger partial charge in [0.25, 0.3) is 0 Å². The molecule has 0 aliphatic carbocycles. The molecule has 1 atom stereocenters. The second-order valence-electron chi connectivity index (χ2n) is 8.72. The zero-order valence-corrected chi connectivity index (χ0v) is 22.1. The molecule has 2 aromatic rings. The molecule has 0 unspecified atom stereocenters. The molecule has 12 heteroatoms. The number of sulfonamides is 1. The number of nitrogens with zero attached hydrogens (tertiary/aromatic N) is 2. The molecule has 0 fully saturated rings. The summed E-state index contributed by atoms with van der Waals surface area (Å²) >= 11 is 6.07. The predicted octanol–water partition coefficient (Wildman–Crippen LogP) is 4.38. The van der Waals surface area contributed by atoms with Crippen LogP contribution >= 0.6 is 11.6 Å². The highest BCUT2D eigenvalue weighted by atomic mass is 35.5. The summed E-state index contributed by atoms with van der Waals surface area (Å²) in [6.07, 6.45) is -4.00. The first-order chi connectivity index (χ1) is 16.5. The molecule has 2 rings (SSSR count). The molecule has 0 spiro atoms. The Labute approximate surface area is 214 Å². The van der Waals surface area contributed by atoms with Crippen molar-refractivity contribution in [3.8, 4) is 0 Å². The zero-order chi connectivity index (χ0) is 27.4. The van der Waals surface area contributed by atoms with Gasteiger partial charge < -0.3 is 10.2 Å². The van der Waals surface area contributed by atoms with Crippen molar-refractivity contribution in [1.82, 2.24) is 10.2 Å². The van der Waals surface area contributed by atoms with Crippen molar-refractivity contribution in [2.45, 2.75) is 52.5 Å². The van der Waals surface area contributed by atoms with Gasteiger partial charge in [0.05, 0.1) is 22.5 Å². The molecule has 0 bridgehead atoms. The number of aryl methyl sites for hydroxylation is 1. The molecule has 0 radical (unpaired) electrons. The predicted molar refractivity (Wildman–Crippen MR) is 133 cm³/mol. The van der Waals surface area contributed by atoms with Crippen molar-refractivity contribution in [2.24, 2.45) is 0 Å². The minimum Gasteiger partial charge on any atom is -0.352 e. The van der Waals surface area contributed by atoms with Crippen molar-refractivity contribution in [2.75, 3.05) is 17.1 Å². The highest BCUT2D eigenvalue weighted by Gasteiger charge is 2.34. The monoisotopic (exact) mass is 547 g/mol. The smallest absolute Gasteiger partial charge is 0.352 e. The van der Waals surface area contributed by atoms with E-state index in [1.807, 2.05) is 13.0 Å². The standard InChI is InChI=1S/C24H29ClF3N3O4S/c1-15(2)29-23(33)17(4)30(13-18-9-7-6-8-16(18)3)22(32)14-31(36(5,34)35)21-12-19(24(26,27)28)10-11-20(21)25/h6-12,15,17H,13-14H2,1-5H3,(H,29,33)/t17-/m0/s1. The number of anilines is 1. The number of carbonyl (C=O) groups excluding carboxylic acids is 2. The highest BCUT2D eigenvalue weighted by molar-refractivity contribution is 7.92. The molecule has 1 N–H and O–H groups in total. The van der Waals surface area contributed by atoms with Crippen LogP contribution < -0.4 is 9.62 Å². The van der Waals surface area contributed by atoms with Gasteiger partial charge >= 0.3 is 6.18 Å². The maximum absolute atomic E-state index is 13.5. The molecule has 36 heavy (non-hydrogen) atoms. The van der Waals surface area contributed by atoms with Crippen LogP contribution in [-0.4, -0.2) is 50.0 Å². The lowest BCUT2D eigenvalue weighted by atomic mass is 10.1. The molecule has 0 aliphatic heterocycles.